The molecule has 0 fully saturated rings. The summed E-state index contributed by atoms with van der Waals surface area (Å²) in [6.45, 7) is 0. The molecule has 0 heterocycles. The fourth-order valence-corrected chi connectivity index (χ4v) is 0.679. The Balaban J connectivity index is 0.00000144. The monoisotopic (exact) mass is 193 g/mol. The Hall–Kier alpha value is -1.56. The molecule has 3 nitrogen and oxygen atoms in total. The second-order valence-electron chi connectivity index (χ2n) is 2.03. The zero-order chi connectivity index (χ0) is 9.30. The van der Waals surface area contributed by atoms with Crippen LogP contribution in [0.3, 0.4) is 0 Å². The summed E-state index contributed by atoms with van der Waals surface area (Å²) in [6, 6.07) is 0.389. The molecule has 13 heavy (non-hydrogen) atoms. The lowest BCUT2D eigenvalue weighted by Gasteiger charge is -2.03. The summed E-state index contributed by atoms with van der Waals surface area (Å²) in [4.78, 5) is 10.0. The molecule has 0 saturated heterocycles. The van der Waals surface area contributed by atoms with Crippen molar-refractivity contribution in [2.45, 2.75) is 0 Å². The van der Waals surface area contributed by atoms with Crippen LogP contribution in [0, 0.1) is 17.5 Å². The topological polar surface area (TPSA) is 76.6 Å². The number of hydrogen-bond donors (Lipinski definition) is 1. The highest BCUT2D eigenvalue weighted by molar-refractivity contribution is 5.86. The molecule has 0 saturated carbocycles. The van der Waals surface area contributed by atoms with Gasteiger partial charge in [-0.2, -0.15) is 0 Å². The third kappa shape index (κ3) is 2.19. The summed E-state index contributed by atoms with van der Waals surface area (Å²) in [6.07, 6.45) is 0. The van der Waals surface area contributed by atoms with Crippen LogP contribution in [0.25, 0.3) is 0 Å². The van der Waals surface area contributed by atoms with Crippen LogP contribution in [0.15, 0.2) is 12.1 Å². The van der Waals surface area contributed by atoms with Crippen LogP contribution in [-0.2, 0) is 0 Å². The molecule has 4 N–H and O–H groups in total. The van der Waals surface area contributed by atoms with E-state index in [9.17, 15) is 23.1 Å². The van der Waals surface area contributed by atoms with Crippen molar-refractivity contribution in [2.24, 2.45) is 0 Å². The molecule has 6 heteroatoms. The summed E-state index contributed by atoms with van der Waals surface area (Å²) in [5.74, 6) is -6.09. The van der Waals surface area contributed by atoms with E-state index in [0.29, 0.717) is 0 Å². The lowest BCUT2D eigenvalue weighted by Crippen LogP contribution is -2.24. The van der Waals surface area contributed by atoms with Crippen LogP contribution in [-0.4, -0.2) is 5.97 Å². The molecule has 0 bridgehead atoms. The van der Waals surface area contributed by atoms with Gasteiger partial charge in [0.05, 0.1) is 5.97 Å². The number of carbonyl (C=O) groups is 1. The third-order valence-electron chi connectivity index (χ3n) is 1.23. The van der Waals surface area contributed by atoms with E-state index in [4.69, 9.17) is 0 Å². The first-order valence-corrected chi connectivity index (χ1v) is 2.88. The van der Waals surface area contributed by atoms with Crippen molar-refractivity contribution in [3.05, 3.63) is 35.1 Å². The van der Waals surface area contributed by atoms with Gasteiger partial charge in [0.2, 0.25) is 0 Å². The van der Waals surface area contributed by atoms with E-state index in [0.717, 1.165) is 0 Å². The number of benzene rings is 1. The van der Waals surface area contributed by atoms with E-state index >= 15 is 0 Å². The van der Waals surface area contributed by atoms with Crippen molar-refractivity contribution in [2.75, 3.05) is 0 Å². The smallest absolute Gasteiger partial charge is 0.161 e. The molecule has 0 spiro atoms. The van der Waals surface area contributed by atoms with Crippen LogP contribution in [0.5, 0.6) is 0 Å². The third-order valence-corrected chi connectivity index (χ3v) is 1.23. The first-order valence-electron chi connectivity index (χ1n) is 2.88. The highest BCUT2D eigenvalue weighted by Gasteiger charge is 2.09. The number of carboxylic acids is 1. The van der Waals surface area contributed by atoms with Gasteiger partial charge < -0.3 is 16.1 Å². The van der Waals surface area contributed by atoms with Gasteiger partial charge in [0.25, 0.3) is 0 Å². The second-order valence-corrected chi connectivity index (χ2v) is 2.03. The van der Waals surface area contributed by atoms with Crippen LogP contribution < -0.4 is 11.3 Å². The Labute approximate surface area is 71.4 Å². The Bertz CT molecular complexity index is 341. The number of carboxylic acid groups (broad SMARTS) is 1. The molecule has 1 aromatic carbocycles. The normalized spacial score (nSPS) is 9.15. The van der Waals surface area contributed by atoms with Crippen molar-refractivity contribution < 1.29 is 23.1 Å². The van der Waals surface area contributed by atoms with E-state index in [-0.39, 0.29) is 18.3 Å². The predicted octanol–water partition coefficient (Wildman–Crippen LogP) is 0.844. The Kier molecular flexibility index (Phi) is 3.43. The van der Waals surface area contributed by atoms with Gasteiger partial charge in [0.15, 0.2) is 11.6 Å². The molecular weight excluding hydrogens is 187 g/mol. The van der Waals surface area contributed by atoms with Crippen molar-refractivity contribution in [3.8, 4) is 0 Å². The summed E-state index contributed by atoms with van der Waals surface area (Å²) in [5, 5.41) is 10.0. The fourth-order valence-electron chi connectivity index (χ4n) is 0.679. The Morgan fingerprint density at radius 3 is 2.00 bits per heavy atom. The van der Waals surface area contributed by atoms with Gasteiger partial charge in [-0.05, 0) is 6.07 Å². The van der Waals surface area contributed by atoms with E-state index < -0.39 is 29.0 Å². The molecule has 1 rings (SSSR count). The maximum atomic E-state index is 12.5. The molecule has 0 aromatic heterocycles. The van der Waals surface area contributed by atoms with E-state index in [1.54, 1.807) is 0 Å². The van der Waals surface area contributed by atoms with Crippen molar-refractivity contribution >= 4 is 5.97 Å². The summed E-state index contributed by atoms with van der Waals surface area (Å²) in [7, 11) is 0. The number of hydrogen-bond acceptors (Lipinski definition) is 2. The zero-order valence-electron chi connectivity index (χ0n) is 6.61. The highest BCUT2D eigenvalue weighted by atomic mass is 19.2. The molecular formula is C7H6F3NO2. The number of halogens is 3. The largest absolute Gasteiger partial charge is 0.545 e. The van der Waals surface area contributed by atoms with Crippen molar-refractivity contribution in [3.63, 3.8) is 0 Å². The molecule has 72 valence electrons. The van der Waals surface area contributed by atoms with Gasteiger partial charge in [0, 0.05) is 11.6 Å². The quantitative estimate of drug-likeness (QED) is 0.671. The molecule has 0 aliphatic carbocycles. The first-order chi connectivity index (χ1) is 5.52. The van der Waals surface area contributed by atoms with Crippen LogP contribution in [0.2, 0.25) is 0 Å². The van der Waals surface area contributed by atoms with Gasteiger partial charge in [-0.25, -0.2) is 13.2 Å². The molecule has 0 unspecified atom stereocenters. The number of carbonyl (C=O) groups excluding carboxylic acids is 1. The minimum Gasteiger partial charge on any atom is -0.545 e. The molecule has 0 radical (unpaired) electrons. The average molecular weight is 193 g/mol. The maximum absolute atomic E-state index is 12.5. The lowest BCUT2D eigenvalue weighted by molar-refractivity contribution is -0.255. The van der Waals surface area contributed by atoms with E-state index in [2.05, 4.69) is 0 Å². The number of rotatable bonds is 1. The number of aromatic carboxylic acids is 1. The molecule has 0 aliphatic rings. The Morgan fingerprint density at radius 1 is 1.08 bits per heavy atom. The minimum absolute atomic E-state index is 0. The SMILES string of the molecule is O=C([O-])c1cc(F)c(F)cc1F.[NH4+]. The lowest BCUT2D eigenvalue weighted by atomic mass is 10.2. The summed E-state index contributed by atoms with van der Waals surface area (Å²) >= 11 is 0. The van der Waals surface area contributed by atoms with E-state index in [1.165, 1.54) is 0 Å². The molecule has 0 atom stereocenters. The first kappa shape index (κ1) is 11.4. The predicted molar refractivity (Wildman–Crippen MR) is 36.6 cm³/mol. The summed E-state index contributed by atoms with van der Waals surface area (Å²) in [5.41, 5.74) is -0.992. The standard InChI is InChI=1S/C7H3F3O2.H3N/c8-4-2-6(10)5(9)1-3(4)7(11)12;/h1-2H,(H,11,12);1H3. The zero-order valence-corrected chi connectivity index (χ0v) is 6.61. The van der Waals surface area contributed by atoms with Crippen molar-refractivity contribution in [1.29, 1.82) is 0 Å². The van der Waals surface area contributed by atoms with Gasteiger partial charge in [-0.1, -0.05) is 0 Å². The average Bonchev–Trinajstić information content (AvgIpc) is 1.96. The van der Waals surface area contributed by atoms with Gasteiger partial charge in [-0.3, -0.25) is 0 Å². The van der Waals surface area contributed by atoms with Gasteiger partial charge in [0.1, 0.15) is 5.82 Å². The van der Waals surface area contributed by atoms with Crippen LogP contribution >= 0.6 is 0 Å². The van der Waals surface area contributed by atoms with E-state index in [1.807, 2.05) is 0 Å². The molecule has 0 amide bonds. The molecule has 1 aromatic rings. The fraction of sp³-hybridized carbons (Fsp3) is 0. The second kappa shape index (κ2) is 3.90. The maximum Gasteiger partial charge on any atom is 0.161 e. The number of quaternary nitrogens is 1. The summed E-state index contributed by atoms with van der Waals surface area (Å²) < 4.78 is 36.9. The van der Waals surface area contributed by atoms with Gasteiger partial charge >= 0.3 is 0 Å². The van der Waals surface area contributed by atoms with Crippen LogP contribution in [0.1, 0.15) is 10.4 Å². The Morgan fingerprint density at radius 2 is 1.54 bits per heavy atom. The highest BCUT2D eigenvalue weighted by Crippen LogP contribution is 2.12. The minimum atomic E-state index is -1.88. The van der Waals surface area contributed by atoms with Gasteiger partial charge in [-0.15, -0.1) is 0 Å². The van der Waals surface area contributed by atoms with Crippen molar-refractivity contribution in [1.82, 2.24) is 6.15 Å². The van der Waals surface area contributed by atoms with Crippen LogP contribution in [0.4, 0.5) is 13.2 Å². The molecule has 0 aliphatic heterocycles.